The number of Topliss-reactive ketones (excluding diaryl/α,β-unsaturated/α-hetero) is 1. The van der Waals surface area contributed by atoms with Crippen LogP contribution < -0.4 is 10.6 Å². The van der Waals surface area contributed by atoms with Crippen LogP contribution in [0.4, 0.5) is 11.4 Å². The van der Waals surface area contributed by atoms with E-state index in [9.17, 15) is 19.2 Å². The van der Waals surface area contributed by atoms with Crippen LogP contribution >= 0.6 is 11.8 Å². The van der Waals surface area contributed by atoms with Crippen LogP contribution in [0.25, 0.3) is 0 Å². The molecule has 3 rings (SSSR count). The molecule has 0 aliphatic carbocycles. The van der Waals surface area contributed by atoms with Crippen LogP contribution in [0.1, 0.15) is 34.1 Å². The summed E-state index contributed by atoms with van der Waals surface area (Å²) in [5.74, 6) is -0.910. The number of amides is 2. The Morgan fingerprint density at radius 1 is 1.11 bits per heavy atom. The third kappa shape index (κ3) is 4.77. The standard InChI is InChI=1S/C20H18N2O5S/c1-2-18(24)21-14-6-3-12(4-7-14)16(23)10-27-20(26)13-5-8-17-15(9-13)22-19(25)11-28-17/h3-9H,2,10-11H2,1H3,(H,21,24)(H,22,25). The first-order valence-electron chi connectivity index (χ1n) is 8.63. The SMILES string of the molecule is CCC(=O)Nc1ccc(C(=O)COC(=O)c2ccc3c(c2)NC(=O)CS3)cc1. The van der Waals surface area contributed by atoms with E-state index in [0.29, 0.717) is 29.1 Å². The molecule has 2 N–H and O–H groups in total. The summed E-state index contributed by atoms with van der Waals surface area (Å²) in [6, 6.07) is 11.2. The molecular formula is C20H18N2O5S. The molecule has 1 aliphatic rings. The molecule has 2 aromatic rings. The van der Waals surface area contributed by atoms with Crippen LogP contribution in [-0.4, -0.2) is 35.9 Å². The summed E-state index contributed by atoms with van der Waals surface area (Å²) in [5.41, 5.74) is 1.78. The largest absolute Gasteiger partial charge is 0.454 e. The maximum atomic E-state index is 12.2. The molecule has 0 aromatic heterocycles. The molecule has 1 aliphatic heterocycles. The van der Waals surface area contributed by atoms with Crippen molar-refractivity contribution in [3.05, 3.63) is 53.6 Å². The first-order valence-corrected chi connectivity index (χ1v) is 9.61. The van der Waals surface area contributed by atoms with E-state index in [2.05, 4.69) is 10.6 Å². The molecule has 0 atom stereocenters. The van der Waals surface area contributed by atoms with E-state index in [1.165, 1.54) is 17.8 Å². The first kappa shape index (κ1) is 19.6. The van der Waals surface area contributed by atoms with Crippen molar-refractivity contribution in [2.75, 3.05) is 23.0 Å². The third-order valence-electron chi connectivity index (χ3n) is 3.99. The van der Waals surface area contributed by atoms with Crippen molar-refractivity contribution in [2.45, 2.75) is 18.2 Å². The monoisotopic (exact) mass is 398 g/mol. The molecule has 0 fully saturated rings. The second-order valence-corrected chi connectivity index (χ2v) is 7.04. The topological polar surface area (TPSA) is 102 Å². The minimum Gasteiger partial charge on any atom is -0.454 e. The molecule has 0 radical (unpaired) electrons. The predicted octanol–water partition coefficient (Wildman–Crippen LogP) is 3.12. The van der Waals surface area contributed by atoms with Gasteiger partial charge in [-0.3, -0.25) is 14.4 Å². The van der Waals surface area contributed by atoms with E-state index >= 15 is 0 Å². The van der Waals surface area contributed by atoms with Crippen LogP contribution in [0.3, 0.4) is 0 Å². The molecule has 0 bridgehead atoms. The normalized spacial score (nSPS) is 12.5. The highest BCUT2D eigenvalue weighted by molar-refractivity contribution is 8.00. The Kier molecular flexibility index (Phi) is 6.10. The van der Waals surface area contributed by atoms with Gasteiger partial charge in [-0.1, -0.05) is 6.92 Å². The summed E-state index contributed by atoms with van der Waals surface area (Å²) >= 11 is 1.39. The Morgan fingerprint density at radius 2 is 1.82 bits per heavy atom. The minimum absolute atomic E-state index is 0.118. The molecule has 144 valence electrons. The molecule has 0 saturated carbocycles. The number of anilines is 2. The van der Waals surface area contributed by atoms with E-state index in [0.717, 1.165) is 4.90 Å². The number of ether oxygens (including phenoxy) is 1. The number of esters is 1. The molecule has 28 heavy (non-hydrogen) atoms. The molecule has 0 saturated heterocycles. The maximum absolute atomic E-state index is 12.2. The van der Waals surface area contributed by atoms with Gasteiger partial charge in [-0.2, -0.15) is 0 Å². The Labute approximate surface area is 165 Å². The lowest BCUT2D eigenvalue weighted by atomic mass is 10.1. The van der Waals surface area contributed by atoms with E-state index in [-0.39, 0.29) is 23.2 Å². The van der Waals surface area contributed by atoms with Gasteiger partial charge in [0.15, 0.2) is 12.4 Å². The van der Waals surface area contributed by atoms with Crippen LogP contribution in [-0.2, 0) is 14.3 Å². The smallest absolute Gasteiger partial charge is 0.338 e. The fourth-order valence-corrected chi connectivity index (χ4v) is 3.29. The lowest BCUT2D eigenvalue weighted by Crippen LogP contribution is -2.19. The van der Waals surface area contributed by atoms with E-state index in [1.807, 2.05) is 0 Å². The zero-order chi connectivity index (χ0) is 20.1. The highest BCUT2D eigenvalue weighted by Crippen LogP contribution is 2.32. The average Bonchev–Trinajstić information content (AvgIpc) is 2.71. The van der Waals surface area contributed by atoms with Gasteiger partial charge in [-0.25, -0.2) is 4.79 Å². The van der Waals surface area contributed by atoms with Gasteiger partial charge in [0.25, 0.3) is 0 Å². The number of nitrogens with one attached hydrogen (secondary N) is 2. The molecule has 7 nitrogen and oxygen atoms in total. The van der Waals surface area contributed by atoms with Gasteiger partial charge in [-0.05, 0) is 42.5 Å². The Hall–Kier alpha value is -3.13. The van der Waals surface area contributed by atoms with Crippen molar-refractivity contribution in [1.82, 2.24) is 0 Å². The number of ketones is 1. The fraction of sp³-hybridized carbons (Fsp3) is 0.200. The third-order valence-corrected chi connectivity index (χ3v) is 5.07. The highest BCUT2D eigenvalue weighted by atomic mass is 32.2. The fourth-order valence-electron chi connectivity index (χ4n) is 2.50. The maximum Gasteiger partial charge on any atom is 0.338 e. The Bertz CT molecular complexity index is 940. The number of fused-ring (bicyclic) bond motifs is 1. The number of hydrogen-bond acceptors (Lipinski definition) is 6. The molecule has 8 heteroatoms. The second-order valence-electron chi connectivity index (χ2n) is 6.03. The molecule has 0 unspecified atom stereocenters. The Balaban J connectivity index is 1.58. The number of rotatable bonds is 6. The molecule has 2 aromatic carbocycles. The summed E-state index contributed by atoms with van der Waals surface area (Å²) in [5, 5.41) is 5.39. The zero-order valence-electron chi connectivity index (χ0n) is 15.1. The lowest BCUT2D eigenvalue weighted by molar-refractivity contribution is -0.116. The number of thioether (sulfide) groups is 1. The first-order chi connectivity index (χ1) is 13.5. The summed E-state index contributed by atoms with van der Waals surface area (Å²) in [6.45, 7) is 1.34. The predicted molar refractivity (Wildman–Crippen MR) is 106 cm³/mol. The van der Waals surface area contributed by atoms with Gasteiger partial charge in [0, 0.05) is 22.6 Å². The van der Waals surface area contributed by atoms with Crippen LogP contribution in [0.15, 0.2) is 47.4 Å². The molecule has 2 amide bonds. The lowest BCUT2D eigenvalue weighted by Gasteiger charge is -2.16. The van der Waals surface area contributed by atoms with Crippen molar-refractivity contribution in [3.63, 3.8) is 0 Å². The summed E-state index contributed by atoms with van der Waals surface area (Å²) in [4.78, 5) is 48.1. The highest BCUT2D eigenvalue weighted by Gasteiger charge is 2.18. The minimum atomic E-state index is -0.646. The van der Waals surface area contributed by atoms with Crippen molar-refractivity contribution in [3.8, 4) is 0 Å². The average molecular weight is 398 g/mol. The Morgan fingerprint density at radius 3 is 2.54 bits per heavy atom. The molecular weight excluding hydrogens is 380 g/mol. The molecule has 0 spiro atoms. The summed E-state index contributed by atoms with van der Waals surface area (Å²) in [7, 11) is 0. The number of hydrogen-bond donors (Lipinski definition) is 2. The van der Waals surface area contributed by atoms with Crippen molar-refractivity contribution in [2.24, 2.45) is 0 Å². The number of carbonyl (C=O) groups excluding carboxylic acids is 4. The number of benzene rings is 2. The van der Waals surface area contributed by atoms with Gasteiger partial charge in [0.1, 0.15) is 0 Å². The molecule has 1 heterocycles. The van der Waals surface area contributed by atoms with E-state index in [1.54, 1.807) is 43.3 Å². The van der Waals surface area contributed by atoms with E-state index in [4.69, 9.17) is 4.74 Å². The van der Waals surface area contributed by atoms with Crippen molar-refractivity contribution < 1.29 is 23.9 Å². The van der Waals surface area contributed by atoms with Gasteiger partial charge in [-0.15, -0.1) is 11.8 Å². The van der Waals surface area contributed by atoms with Gasteiger partial charge < -0.3 is 15.4 Å². The summed E-state index contributed by atoms with van der Waals surface area (Å²) in [6.07, 6.45) is 0.363. The van der Waals surface area contributed by atoms with Gasteiger partial charge >= 0.3 is 5.97 Å². The zero-order valence-corrected chi connectivity index (χ0v) is 15.9. The van der Waals surface area contributed by atoms with Crippen LogP contribution in [0, 0.1) is 0 Å². The van der Waals surface area contributed by atoms with Gasteiger partial charge in [0.05, 0.1) is 17.0 Å². The quantitative estimate of drug-likeness (QED) is 0.573. The van der Waals surface area contributed by atoms with Crippen LogP contribution in [0.2, 0.25) is 0 Å². The summed E-state index contributed by atoms with van der Waals surface area (Å²) < 4.78 is 5.10. The van der Waals surface area contributed by atoms with Crippen LogP contribution in [0.5, 0.6) is 0 Å². The second kappa shape index (κ2) is 8.71. The van der Waals surface area contributed by atoms with Crippen molar-refractivity contribution in [1.29, 1.82) is 0 Å². The van der Waals surface area contributed by atoms with E-state index < -0.39 is 12.6 Å². The number of carbonyl (C=O) groups is 4. The van der Waals surface area contributed by atoms with Crippen molar-refractivity contribution >= 4 is 46.7 Å². The van der Waals surface area contributed by atoms with Gasteiger partial charge in [0.2, 0.25) is 11.8 Å².